The first-order chi connectivity index (χ1) is 9.20. The Morgan fingerprint density at radius 2 is 2.26 bits per heavy atom. The maximum Gasteiger partial charge on any atom is 0.177 e. The average molecular weight is 283 g/mol. The lowest BCUT2D eigenvalue weighted by molar-refractivity contribution is 0.598. The number of hydrogen-bond donors (Lipinski definition) is 1. The van der Waals surface area contributed by atoms with E-state index in [1.165, 1.54) is 11.8 Å². The predicted molar refractivity (Wildman–Crippen MR) is 75.7 cm³/mol. The summed E-state index contributed by atoms with van der Waals surface area (Å²) in [7, 11) is 0. The second-order valence-electron chi connectivity index (χ2n) is 4.12. The van der Waals surface area contributed by atoms with Crippen molar-refractivity contribution in [3.8, 4) is 0 Å². The van der Waals surface area contributed by atoms with E-state index in [9.17, 15) is 8.78 Å². The smallest absolute Gasteiger partial charge is 0.177 e. The van der Waals surface area contributed by atoms with Gasteiger partial charge in [0, 0.05) is 17.9 Å². The number of unbranched alkanes of at least 4 members (excludes halogenated alkanes) is 1. The number of nitrogens with one attached hydrogen (secondary N) is 1. The summed E-state index contributed by atoms with van der Waals surface area (Å²) in [5, 5.41) is 4.80. The Morgan fingerprint density at radius 3 is 2.95 bits per heavy atom. The monoisotopic (exact) mass is 283 g/mol. The number of thioether (sulfide) groups is 1. The molecule has 0 bridgehead atoms. The summed E-state index contributed by atoms with van der Waals surface area (Å²) in [5.41, 5.74) is 3.48. The van der Waals surface area contributed by atoms with Gasteiger partial charge in [-0.25, -0.2) is 8.78 Å². The van der Waals surface area contributed by atoms with Crippen molar-refractivity contribution in [1.29, 1.82) is 0 Å². The molecule has 0 atom stereocenters. The third-order valence-electron chi connectivity index (χ3n) is 2.64. The van der Waals surface area contributed by atoms with Gasteiger partial charge in [-0.05, 0) is 24.6 Å². The van der Waals surface area contributed by atoms with Crippen molar-refractivity contribution >= 4 is 22.6 Å². The number of rotatable bonds is 4. The number of hydrazone groups is 1. The Kier molecular flexibility index (Phi) is 4.90. The van der Waals surface area contributed by atoms with Crippen LogP contribution in [0.4, 0.5) is 8.78 Å². The summed E-state index contributed by atoms with van der Waals surface area (Å²) in [4.78, 5) is 4.33. The van der Waals surface area contributed by atoms with Crippen LogP contribution in [0.5, 0.6) is 0 Å². The van der Waals surface area contributed by atoms with E-state index >= 15 is 0 Å². The molecule has 1 aliphatic heterocycles. The lowest BCUT2D eigenvalue weighted by Crippen LogP contribution is -2.26. The number of halogens is 2. The summed E-state index contributed by atoms with van der Waals surface area (Å²) >= 11 is 1.45. The summed E-state index contributed by atoms with van der Waals surface area (Å²) in [5.74, 6) is -0.446. The van der Waals surface area contributed by atoms with Crippen molar-refractivity contribution in [2.75, 3.05) is 12.3 Å². The fraction of sp³-hybridized carbons (Fsp3) is 0.385. The second kappa shape index (κ2) is 6.65. The minimum atomic E-state index is -0.466. The highest BCUT2D eigenvalue weighted by atomic mass is 32.2. The number of aliphatic imine (C=N–C) groups is 1. The molecule has 0 saturated carbocycles. The second-order valence-corrected chi connectivity index (χ2v) is 5.09. The molecule has 0 aliphatic carbocycles. The Hall–Kier alpha value is -1.43. The molecule has 2 rings (SSSR count). The first-order valence-corrected chi connectivity index (χ1v) is 7.14. The summed E-state index contributed by atoms with van der Waals surface area (Å²) in [6, 6.07) is 3.37. The Labute approximate surface area is 115 Å². The molecule has 0 spiro atoms. The van der Waals surface area contributed by atoms with Crippen LogP contribution in [0.1, 0.15) is 25.3 Å². The lowest BCUT2D eigenvalue weighted by Gasteiger charge is -2.15. The zero-order chi connectivity index (χ0) is 13.7. The number of benzene rings is 1. The van der Waals surface area contributed by atoms with Crippen molar-refractivity contribution in [3.05, 3.63) is 35.4 Å². The largest absolute Gasteiger partial charge is 0.261 e. The maximum absolute atomic E-state index is 13.6. The molecule has 0 radical (unpaired) electrons. The standard InChI is InChI=1S/C13H15F2N3S/c1-2-3-6-16-13-18-17-12(8-19-13)10-7-9(14)4-5-11(10)15/h4-5,7H,2-3,6,8H2,1H3,(H,16,18). The molecule has 1 aromatic rings. The van der Waals surface area contributed by atoms with E-state index in [4.69, 9.17) is 0 Å². The van der Waals surface area contributed by atoms with Gasteiger partial charge < -0.3 is 0 Å². The van der Waals surface area contributed by atoms with Gasteiger partial charge in [-0.3, -0.25) is 10.4 Å². The maximum atomic E-state index is 13.6. The zero-order valence-electron chi connectivity index (χ0n) is 10.6. The number of nitrogens with zero attached hydrogens (tertiary/aromatic N) is 2. The average Bonchev–Trinajstić information content (AvgIpc) is 2.43. The third kappa shape index (κ3) is 3.76. The van der Waals surface area contributed by atoms with E-state index in [1.54, 1.807) is 0 Å². The lowest BCUT2D eigenvalue weighted by atomic mass is 10.1. The molecule has 102 valence electrons. The highest BCUT2D eigenvalue weighted by molar-refractivity contribution is 8.14. The van der Waals surface area contributed by atoms with Gasteiger partial charge >= 0.3 is 0 Å². The zero-order valence-corrected chi connectivity index (χ0v) is 11.4. The topological polar surface area (TPSA) is 36.8 Å². The molecule has 0 fully saturated rings. The van der Waals surface area contributed by atoms with E-state index in [2.05, 4.69) is 22.4 Å². The van der Waals surface area contributed by atoms with Crippen LogP contribution in [0.3, 0.4) is 0 Å². The minimum Gasteiger partial charge on any atom is -0.261 e. The third-order valence-corrected chi connectivity index (χ3v) is 3.55. The van der Waals surface area contributed by atoms with Crippen LogP contribution in [0.2, 0.25) is 0 Å². The molecule has 1 aliphatic rings. The molecular formula is C13H15F2N3S. The van der Waals surface area contributed by atoms with E-state index in [0.29, 0.717) is 11.5 Å². The Bertz CT molecular complexity index is 515. The Balaban J connectivity index is 2.08. The molecule has 3 nitrogen and oxygen atoms in total. The molecule has 19 heavy (non-hydrogen) atoms. The van der Waals surface area contributed by atoms with Gasteiger partial charge in [-0.15, -0.1) is 0 Å². The molecule has 0 unspecified atom stereocenters. The van der Waals surface area contributed by atoms with E-state index < -0.39 is 11.6 Å². The van der Waals surface area contributed by atoms with Gasteiger partial charge in [0.25, 0.3) is 0 Å². The SMILES string of the molecule is CCCCN=C1NN=C(c2cc(F)ccc2F)CS1. The highest BCUT2D eigenvalue weighted by Crippen LogP contribution is 2.17. The fourth-order valence-corrected chi connectivity index (χ4v) is 2.38. The molecule has 1 aromatic carbocycles. The molecule has 1 N–H and O–H groups in total. The first kappa shape index (κ1) is 14.0. The van der Waals surface area contributed by atoms with Crippen LogP contribution in [0.15, 0.2) is 28.3 Å². The van der Waals surface area contributed by atoms with Gasteiger partial charge in [-0.2, -0.15) is 5.10 Å². The van der Waals surface area contributed by atoms with Gasteiger partial charge in [0.1, 0.15) is 11.6 Å². The normalized spacial score (nSPS) is 17.2. The van der Waals surface area contributed by atoms with Gasteiger partial charge in [0.05, 0.1) is 5.71 Å². The molecule has 0 saturated heterocycles. The van der Waals surface area contributed by atoms with E-state index in [1.807, 2.05) is 0 Å². The van der Waals surface area contributed by atoms with Gasteiger partial charge in [0.2, 0.25) is 0 Å². The highest BCUT2D eigenvalue weighted by Gasteiger charge is 2.16. The quantitative estimate of drug-likeness (QED) is 0.862. The first-order valence-electron chi connectivity index (χ1n) is 6.16. The van der Waals surface area contributed by atoms with Crippen LogP contribution in [-0.4, -0.2) is 23.2 Å². The molecule has 1 heterocycles. The van der Waals surface area contributed by atoms with Crippen molar-refractivity contribution in [3.63, 3.8) is 0 Å². The predicted octanol–water partition coefficient (Wildman–Crippen LogP) is 3.16. The summed E-state index contributed by atoms with van der Waals surface area (Å²) in [6.07, 6.45) is 2.12. The van der Waals surface area contributed by atoms with E-state index in [-0.39, 0.29) is 5.56 Å². The van der Waals surface area contributed by atoms with E-state index in [0.717, 1.165) is 42.8 Å². The van der Waals surface area contributed by atoms with Crippen molar-refractivity contribution in [2.24, 2.45) is 10.1 Å². The van der Waals surface area contributed by atoms with Gasteiger partial charge in [-0.1, -0.05) is 25.1 Å². The van der Waals surface area contributed by atoms with Crippen LogP contribution >= 0.6 is 11.8 Å². The minimum absolute atomic E-state index is 0.201. The van der Waals surface area contributed by atoms with Crippen molar-refractivity contribution < 1.29 is 8.78 Å². The summed E-state index contributed by atoms with van der Waals surface area (Å²) < 4.78 is 26.7. The van der Waals surface area contributed by atoms with Crippen LogP contribution in [0, 0.1) is 11.6 Å². The van der Waals surface area contributed by atoms with Crippen LogP contribution in [0.25, 0.3) is 0 Å². The summed E-state index contributed by atoms with van der Waals surface area (Å²) in [6.45, 7) is 2.86. The molecule has 0 amide bonds. The molecular weight excluding hydrogens is 268 g/mol. The number of hydrogen-bond acceptors (Lipinski definition) is 3. The molecule has 6 heteroatoms. The van der Waals surface area contributed by atoms with Crippen molar-refractivity contribution in [2.45, 2.75) is 19.8 Å². The van der Waals surface area contributed by atoms with Crippen LogP contribution < -0.4 is 5.43 Å². The fourth-order valence-electron chi connectivity index (χ4n) is 1.59. The van der Waals surface area contributed by atoms with Gasteiger partial charge in [0.15, 0.2) is 5.17 Å². The van der Waals surface area contributed by atoms with Crippen LogP contribution in [-0.2, 0) is 0 Å². The van der Waals surface area contributed by atoms with Crippen molar-refractivity contribution in [1.82, 2.24) is 5.43 Å². The Morgan fingerprint density at radius 1 is 1.42 bits per heavy atom. The molecule has 0 aromatic heterocycles. The number of amidine groups is 1.